The van der Waals surface area contributed by atoms with Crippen molar-refractivity contribution in [2.24, 2.45) is 18.1 Å². The van der Waals surface area contributed by atoms with Crippen LogP contribution in [-0.2, 0) is 4.52 Å². The molecule has 1 atom stereocenters. The van der Waals surface area contributed by atoms with Crippen molar-refractivity contribution in [1.29, 1.82) is 0 Å². The fraction of sp³-hybridized carbons (Fsp3) is 0.192. The van der Waals surface area contributed by atoms with Crippen LogP contribution in [0.2, 0.25) is 0 Å². The Hall–Kier alpha value is -5.98. The number of para-hydroxylation sites is 7. The Balaban J connectivity index is 1.64. The molecule has 1 aliphatic rings. The molecule has 0 amide bonds. The van der Waals surface area contributed by atoms with Gasteiger partial charge in [0.25, 0.3) is 0 Å². The van der Waals surface area contributed by atoms with Crippen LogP contribution in [0, 0.1) is 48.5 Å². The fourth-order valence-electron chi connectivity index (χ4n) is 6.80. The minimum Gasteiger partial charge on any atom is -0.422 e. The maximum absolute atomic E-state index is 7.34. The predicted molar refractivity (Wildman–Crippen MR) is 276 cm³/mol. The average Bonchev–Trinajstić information content (AvgIpc) is 3.29. The molecule has 352 valence electrons. The van der Waals surface area contributed by atoms with Crippen molar-refractivity contribution in [3.8, 4) is 40.2 Å². The van der Waals surface area contributed by atoms with Crippen molar-refractivity contribution >= 4 is 30.6 Å². The van der Waals surface area contributed by atoms with Crippen LogP contribution in [-0.4, -0.2) is 6.10 Å². The molecular formula is C52H56N4O8P4. The van der Waals surface area contributed by atoms with Crippen LogP contribution in [0.1, 0.15) is 52.8 Å². The van der Waals surface area contributed by atoms with Crippen molar-refractivity contribution in [2.75, 3.05) is 0 Å². The van der Waals surface area contributed by atoms with Gasteiger partial charge in [-0.1, -0.05) is 136 Å². The zero-order chi connectivity index (χ0) is 47.9. The summed E-state index contributed by atoms with van der Waals surface area (Å²) in [6, 6.07) is 53.1. The SMILES string of the molecule is Cc1ccccc1OP1(Oc2ccccc2C)=NP(Oc2ccccc2C)(Oc2ccccc2C)=NP(Oc2ccccc2C)(OC(C)C)=NP(Oc2ccccc2C)(Oc2ccccc2C)=N1. The molecule has 68 heavy (non-hydrogen) atoms. The second-order valence-electron chi connectivity index (χ2n) is 16.5. The first-order valence-electron chi connectivity index (χ1n) is 22.2. The first-order chi connectivity index (χ1) is 32.7. The zero-order valence-corrected chi connectivity index (χ0v) is 43.2. The van der Waals surface area contributed by atoms with E-state index in [1.807, 2.05) is 232 Å². The van der Waals surface area contributed by atoms with E-state index < -0.39 is 36.7 Å². The quantitative estimate of drug-likeness (QED) is 0.0877. The average molecular weight is 989 g/mol. The number of hydrogen-bond acceptors (Lipinski definition) is 12. The van der Waals surface area contributed by atoms with E-state index in [4.69, 9.17) is 54.3 Å². The maximum atomic E-state index is 7.34. The summed E-state index contributed by atoms with van der Waals surface area (Å²) < 4.78 is 81.0. The molecule has 0 fully saturated rings. The van der Waals surface area contributed by atoms with Gasteiger partial charge in [0.2, 0.25) is 0 Å². The molecule has 1 unspecified atom stereocenters. The lowest BCUT2D eigenvalue weighted by Gasteiger charge is -2.34. The van der Waals surface area contributed by atoms with E-state index in [2.05, 4.69) is 0 Å². The molecule has 16 heteroatoms. The number of benzene rings is 7. The Labute approximate surface area is 400 Å². The highest BCUT2D eigenvalue weighted by Gasteiger charge is 2.49. The topological polar surface area (TPSA) is 123 Å². The molecule has 0 bridgehead atoms. The molecule has 0 aliphatic carbocycles. The molecular weight excluding hydrogens is 932 g/mol. The third-order valence-corrected chi connectivity index (χ3v) is 21.4. The molecule has 7 aromatic carbocycles. The van der Waals surface area contributed by atoms with Gasteiger partial charge in [-0.2, -0.15) is 0 Å². The highest BCUT2D eigenvalue weighted by atomic mass is 31.3. The molecule has 0 radical (unpaired) electrons. The van der Waals surface area contributed by atoms with Gasteiger partial charge < -0.3 is 31.7 Å². The number of hydrogen-bond donors (Lipinski definition) is 0. The van der Waals surface area contributed by atoms with Gasteiger partial charge >= 0.3 is 30.6 Å². The molecule has 1 aliphatic heterocycles. The summed E-state index contributed by atoms with van der Waals surface area (Å²) in [7, 11) is -17.5. The molecule has 0 aromatic heterocycles. The minimum atomic E-state index is -4.43. The largest absolute Gasteiger partial charge is 0.460 e. The third kappa shape index (κ3) is 11.5. The summed E-state index contributed by atoms with van der Waals surface area (Å²) in [5.74, 6) is 3.01. The van der Waals surface area contributed by atoms with Gasteiger partial charge in [0.15, 0.2) is 0 Å². The van der Waals surface area contributed by atoms with Crippen molar-refractivity contribution < 1.29 is 36.2 Å². The van der Waals surface area contributed by atoms with Crippen LogP contribution in [0.4, 0.5) is 0 Å². The number of nitrogens with zero attached hydrogens (tertiary/aromatic N) is 4. The van der Waals surface area contributed by atoms with Crippen molar-refractivity contribution in [3.05, 3.63) is 209 Å². The Morgan fingerprint density at radius 1 is 0.265 bits per heavy atom. The van der Waals surface area contributed by atoms with Gasteiger partial charge in [-0.3, -0.25) is 4.52 Å². The summed E-state index contributed by atoms with van der Waals surface area (Å²) >= 11 is 0. The van der Waals surface area contributed by atoms with Crippen LogP contribution >= 0.6 is 30.6 Å². The number of rotatable bonds is 16. The molecule has 0 saturated carbocycles. The zero-order valence-electron chi connectivity index (χ0n) is 39.6. The van der Waals surface area contributed by atoms with Crippen molar-refractivity contribution in [2.45, 2.75) is 68.4 Å². The maximum Gasteiger partial charge on any atom is 0.460 e. The fourth-order valence-corrected chi connectivity index (χ4v) is 19.5. The van der Waals surface area contributed by atoms with E-state index in [9.17, 15) is 0 Å². The van der Waals surface area contributed by atoms with Gasteiger partial charge in [0.05, 0.1) is 6.10 Å². The van der Waals surface area contributed by atoms with Gasteiger partial charge in [0.1, 0.15) is 40.2 Å². The highest BCUT2D eigenvalue weighted by molar-refractivity contribution is 7.79. The molecule has 0 saturated heterocycles. The minimum absolute atomic E-state index is 0.424. The molecule has 8 rings (SSSR count). The molecule has 0 N–H and O–H groups in total. The number of aryl methyl sites for hydroxylation is 7. The van der Waals surface area contributed by atoms with Gasteiger partial charge in [-0.15, -0.1) is 9.03 Å². The van der Waals surface area contributed by atoms with Crippen LogP contribution in [0.15, 0.2) is 188 Å². The highest BCUT2D eigenvalue weighted by Crippen LogP contribution is 2.80. The Morgan fingerprint density at radius 3 is 0.618 bits per heavy atom. The summed E-state index contributed by atoms with van der Waals surface area (Å²) in [6.45, 7) is 17.3. The predicted octanol–water partition coefficient (Wildman–Crippen LogP) is 17.9. The van der Waals surface area contributed by atoms with Crippen molar-refractivity contribution in [3.63, 3.8) is 0 Å². The van der Waals surface area contributed by atoms with E-state index in [1.54, 1.807) is 0 Å². The summed E-state index contributed by atoms with van der Waals surface area (Å²) in [5.41, 5.74) is 5.49. The second-order valence-corrected chi connectivity index (χ2v) is 24.7. The summed E-state index contributed by atoms with van der Waals surface area (Å²) in [5, 5.41) is 0. The Bertz CT molecular complexity index is 2950. The monoisotopic (exact) mass is 988 g/mol. The lowest BCUT2D eigenvalue weighted by Crippen LogP contribution is -2.12. The van der Waals surface area contributed by atoms with E-state index >= 15 is 0 Å². The Kier molecular flexibility index (Phi) is 14.8. The third-order valence-electron chi connectivity index (χ3n) is 10.4. The lowest BCUT2D eigenvalue weighted by atomic mass is 10.2. The van der Waals surface area contributed by atoms with E-state index in [0.717, 1.165) is 38.9 Å². The summed E-state index contributed by atoms with van der Waals surface area (Å²) in [6.07, 6.45) is -0.553. The van der Waals surface area contributed by atoms with Gasteiger partial charge in [0, 0.05) is 0 Å². The lowest BCUT2D eigenvalue weighted by molar-refractivity contribution is 0.236. The van der Waals surface area contributed by atoms with Crippen LogP contribution in [0.25, 0.3) is 0 Å². The first-order valence-corrected chi connectivity index (χ1v) is 28.3. The van der Waals surface area contributed by atoms with Crippen LogP contribution < -0.4 is 31.7 Å². The normalized spacial score (nSPS) is 16.8. The van der Waals surface area contributed by atoms with E-state index in [0.29, 0.717) is 40.2 Å². The molecule has 7 aromatic rings. The molecule has 12 nitrogen and oxygen atoms in total. The van der Waals surface area contributed by atoms with Crippen LogP contribution in [0.3, 0.4) is 0 Å². The smallest absolute Gasteiger partial charge is 0.422 e. The van der Waals surface area contributed by atoms with Crippen molar-refractivity contribution in [1.82, 2.24) is 0 Å². The first kappa shape index (κ1) is 48.5. The van der Waals surface area contributed by atoms with Crippen LogP contribution in [0.5, 0.6) is 40.2 Å². The van der Waals surface area contributed by atoms with Gasteiger partial charge in [-0.25, -0.2) is 0 Å². The molecule has 1 heterocycles. The van der Waals surface area contributed by atoms with E-state index in [-0.39, 0.29) is 0 Å². The second kappa shape index (κ2) is 20.7. The standard InChI is InChI=1S/C52H56N4O8P4/c1-38(2)57-65(58-46-31-17-10-24-39(46)3)53-66(59-47-32-18-11-25-40(47)4,60-48-33-19-12-26-41(48)5)55-68(63-51-36-22-15-29-44(51)8,64-52-37-23-16-30-45(52)9)56-67(54-65,61-49-34-20-13-27-42(49)6)62-50-35-21-14-28-43(50)7/h10-38H,1-9H3. The molecule has 0 spiro atoms. The van der Waals surface area contributed by atoms with Gasteiger partial charge in [-0.05, 0) is 144 Å². The summed E-state index contributed by atoms with van der Waals surface area (Å²) in [4.78, 5) is 0. The van der Waals surface area contributed by atoms with E-state index in [1.165, 1.54) is 0 Å². The Morgan fingerprint density at radius 2 is 0.426 bits per heavy atom.